The Morgan fingerprint density at radius 1 is 1.26 bits per heavy atom. The number of nitrogens with zero attached hydrogens (tertiary/aromatic N) is 2. The van der Waals surface area contributed by atoms with Gasteiger partial charge >= 0.3 is 6.61 Å². The molecule has 0 saturated carbocycles. The number of benzene rings is 1. The van der Waals surface area contributed by atoms with Gasteiger partial charge in [-0.2, -0.15) is 8.78 Å². The minimum Gasteiger partial charge on any atom is -0.434 e. The average Bonchev–Trinajstić information content (AvgIpc) is 2.99. The Morgan fingerprint density at radius 2 is 2.04 bits per heavy atom. The van der Waals surface area contributed by atoms with Crippen LogP contribution in [0.1, 0.15) is 12.0 Å². The van der Waals surface area contributed by atoms with E-state index in [4.69, 9.17) is 11.6 Å². The summed E-state index contributed by atoms with van der Waals surface area (Å²) in [6, 6.07) is 5.37. The van der Waals surface area contributed by atoms with Crippen molar-refractivity contribution in [1.29, 1.82) is 0 Å². The highest BCUT2D eigenvalue weighted by Gasteiger charge is 2.28. The van der Waals surface area contributed by atoms with Gasteiger partial charge in [-0.15, -0.1) is 0 Å². The predicted octanol–water partition coefficient (Wildman–Crippen LogP) is 2.42. The number of nitrogens with one attached hydrogen (secondary N) is 1. The molecule has 2 fully saturated rings. The molecule has 2 heterocycles. The summed E-state index contributed by atoms with van der Waals surface area (Å²) >= 11 is 6.01. The molecule has 2 saturated heterocycles. The van der Waals surface area contributed by atoms with Crippen LogP contribution in [0.25, 0.3) is 0 Å². The first-order valence-electron chi connectivity index (χ1n) is 8.02. The van der Waals surface area contributed by atoms with Crippen LogP contribution >= 0.6 is 11.6 Å². The van der Waals surface area contributed by atoms with E-state index in [1.54, 1.807) is 12.1 Å². The van der Waals surface area contributed by atoms with Crippen molar-refractivity contribution in [2.24, 2.45) is 0 Å². The molecule has 1 N–H and O–H groups in total. The summed E-state index contributed by atoms with van der Waals surface area (Å²) in [7, 11) is 0. The molecule has 4 nitrogen and oxygen atoms in total. The lowest BCUT2D eigenvalue weighted by Crippen LogP contribution is -2.49. The van der Waals surface area contributed by atoms with Gasteiger partial charge in [0.15, 0.2) is 0 Å². The van der Waals surface area contributed by atoms with Gasteiger partial charge in [0.1, 0.15) is 5.75 Å². The van der Waals surface area contributed by atoms with E-state index >= 15 is 0 Å². The van der Waals surface area contributed by atoms with Gasteiger partial charge < -0.3 is 10.1 Å². The topological polar surface area (TPSA) is 27.7 Å². The van der Waals surface area contributed by atoms with Gasteiger partial charge in [0.25, 0.3) is 0 Å². The number of hydrogen-bond donors (Lipinski definition) is 1. The summed E-state index contributed by atoms with van der Waals surface area (Å²) in [6.45, 7) is 3.93. The molecule has 0 aliphatic carbocycles. The molecule has 0 radical (unpaired) electrons. The van der Waals surface area contributed by atoms with Gasteiger partial charge in [-0.25, -0.2) is 0 Å². The minimum absolute atomic E-state index is 0.218. The molecule has 0 spiro atoms. The molecule has 23 heavy (non-hydrogen) atoms. The van der Waals surface area contributed by atoms with Gasteiger partial charge in [0.05, 0.1) is 0 Å². The van der Waals surface area contributed by atoms with Crippen LogP contribution in [0.3, 0.4) is 0 Å². The molecular formula is C16H22ClF2N3O. The summed E-state index contributed by atoms with van der Waals surface area (Å²) in [4.78, 5) is 4.81. The SMILES string of the molecule is FC(F)Oc1ccc(Cl)cc1CN1CCC(N2CCNCC2)C1. The van der Waals surface area contributed by atoms with Crippen LogP contribution in [-0.4, -0.2) is 61.7 Å². The van der Waals surface area contributed by atoms with Gasteiger partial charge in [0, 0.05) is 62.4 Å². The highest BCUT2D eigenvalue weighted by atomic mass is 35.5. The predicted molar refractivity (Wildman–Crippen MR) is 86.2 cm³/mol. The number of hydrogen-bond acceptors (Lipinski definition) is 4. The van der Waals surface area contributed by atoms with Crippen molar-refractivity contribution in [2.45, 2.75) is 25.6 Å². The summed E-state index contributed by atoms with van der Waals surface area (Å²) in [5.41, 5.74) is 0.721. The Kier molecular flexibility index (Phi) is 5.69. The Bertz CT molecular complexity index is 526. The number of halogens is 3. The lowest BCUT2D eigenvalue weighted by atomic mass is 10.2. The molecule has 2 aliphatic heterocycles. The fourth-order valence-corrected chi connectivity index (χ4v) is 3.62. The zero-order valence-corrected chi connectivity index (χ0v) is 13.7. The standard InChI is InChI=1S/C16H22ClF2N3O/c17-13-1-2-15(23-16(18)19)12(9-13)10-21-6-3-14(11-21)22-7-4-20-5-8-22/h1-2,9,14,16,20H,3-8,10-11H2. The summed E-state index contributed by atoms with van der Waals surface area (Å²) in [6.07, 6.45) is 1.12. The smallest absolute Gasteiger partial charge is 0.387 e. The van der Waals surface area contributed by atoms with Crippen LogP contribution in [0, 0.1) is 0 Å². The number of rotatable bonds is 5. The van der Waals surface area contributed by atoms with Crippen LogP contribution < -0.4 is 10.1 Å². The van der Waals surface area contributed by atoms with E-state index in [1.165, 1.54) is 6.07 Å². The molecule has 0 aromatic heterocycles. The fraction of sp³-hybridized carbons (Fsp3) is 0.625. The van der Waals surface area contributed by atoms with Crippen LogP contribution in [0.5, 0.6) is 5.75 Å². The average molecular weight is 346 g/mol. The normalized spacial score (nSPS) is 23.6. The third-order valence-corrected chi connectivity index (χ3v) is 4.78. The Balaban J connectivity index is 1.62. The highest BCUT2D eigenvalue weighted by Crippen LogP contribution is 2.27. The Labute approximate surface area is 140 Å². The number of ether oxygens (including phenoxy) is 1. The molecule has 1 unspecified atom stereocenters. The van der Waals surface area contributed by atoms with Crippen LogP contribution in [0.15, 0.2) is 18.2 Å². The lowest BCUT2D eigenvalue weighted by molar-refractivity contribution is -0.0507. The van der Waals surface area contributed by atoms with E-state index in [2.05, 4.69) is 19.9 Å². The summed E-state index contributed by atoms with van der Waals surface area (Å²) in [5, 5.41) is 3.90. The molecular weight excluding hydrogens is 324 g/mol. The molecule has 1 aromatic rings. The van der Waals surface area contributed by atoms with E-state index in [1.807, 2.05) is 0 Å². The van der Waals surface area contributed by atoms with Crippen molar-refractivity contribution in [3.63, 3.8) is 0 Å². The highest BCUT2D eigenvalue weighted by molar-refractivity contribution is 6.30. The third-order valence-electron chi connectivity index (χ3n) is 4.55. The Hall–Kier alpha value is -0.950. The van der Waals surface area contributed by atoms with Crippen molar-refractivity contribution < 1.29 is 13.5 Å². The van der Waals surface area contributed by atoms with Crippen molar-refractivity contribution in [2.75, 3.05) is 39.3 Å². The molecule has 1 aromatic carbocycles. The number of alkyl halides is 2. The van der Waals surface area contributed by atoms with E-state index in [0.717, 1.165) is 51.3 Å². The van der Waals surface area contributed by atoms with Gasteiger partial charge in [-0.1, -0.05) is 11.6 Å². The van der Waals surface area contributed by atoms with E-state index < -0.39 is 6.61 Å². The molecule has 0 bridgehead atoms. The van der Waals surface area contributed by atoms with Crippen LogP contribution in [0.4, 0.5) is 8.78 Å². The van der Waals surface area contributed by atoms with Crippen molar-refractivity contribution in [3.8, 4) is 5.75 Å². The first kappa shape index (κ1) is 16.9. The lowest BCUT2D eigenvalue weighted by Gasteiger charge is -2.32. The molecule has 128 valence electrons. The molecule has 0 amide bonds. The third kappa shape index (κ3) is 4.53. The first-order chi connectivity index (χ1) is 11.1. The second-order valence-corrected chi connectivity index (χ2v) is 6.53. The maximum Gasteiger partial charge on any atom is 0.387 e. The molecule has 3 rings (SSSR count). The fourth-order valence-electron chi connectivity index (χ4n) is 3.42. The molecule has 7 heteroatoms. The van der Waals surface area contributed by atoms with Gasteiger partial charge in [-0.3, -0.25) is 9.80 Å². The van der Waals surface area contributed by atoms with E-state index in [-0.39, 0.29) is 5.75 Å². The number of likely N-dealkylation sites (tertiary alicyclic amines) is 1. The minimum atomic E-state index is -2.82. The maximum absolute atomic E-state index is 12.5. The molecule has 1 atom stereocenters. The van der Waals surface area contributed by atoms with Gasteiger partial charge in [-0.05, 0) is 24.6 Å². The molecule has 2 aliphatic rings. The second kappa shape index (κ2) is 7.75. The monoisotopic (exact) mass is 345 g/mol. The number of piperazine rings is 1. The maximum atomic E-state index is 12.5. The second-order valence-electron chi connectivity index (χ2n) is 6.09. The van der Waals surface area contributed by atoms with Crippen molar-refractivity contribution in [3.05, 3.63) is 28.8 Å². The largest absolute Gasteiger partial charge is 0.434 e. The van der Waals surface area contributed by atoms with Gasteiger partial charge in [0.2, 0.25) is 0 Å². The first-order valence-corrected chi connectivity index (χ1v) is 8.40. The summed E-state index contributed by atoms with van der Waals surface area (Å²) < 4.78 is 29.7. The van der Waals surface area contributed by atoms with Crippen molar-refractivity contribution in [1.82, 2.24) is 15.1 Å². The van der Waals surface area contributed by atoms with Crippen LogP contribution in [0.2, 0.25) is 5.02 Å². The quantitative estimate of drug-likeness (QED) is 0.887. The Morgan fingerprint density at radius 3 is 2.78 bits per heavy atom. The van der Waals surface area contributed by atoms with Crippen LogP contribution in [-0.2, 0) is 6.54 Å². The summed E-state index contributed by atoms with van der Waals surface area (Å²) in [5.74, 6) is 0.218. The van der Waals surface area contributed by atoms with E-state index in [9.17, 15) is 8.78 Å². The van der Waals surface area contributed by atoms with Crippen molar-refractivity contribution >= 4 is 11.6 Å². The zero-order chi connectivity index (χ0) is 16.2. The zero-order valence-electron chi connectivity index (χ0n) is 13.0. The van der Waals surface area contributed by atoms with E-state index in [0.29, 0.717) is 17.6 Å².